The summed E-state index contributed by atoms with van der Waals surface area (Å²) in [4.78, 5) is 24.9. The van der Waals surface area contributed by atoms with E-state index in [1.807, 2.05) is 19.1 Å². The van der Waals surface area contributed by atoms with Gasteiger partial charge in [0.2, 0.25) is 5.91 Å². The number of ether oxygens (including phenoxy) is 1. The van der Waals surface area contributed by atoms with Crippen molar-refractivity contribution in [2.24, 2.45) is 0 Å². The molecule has 0 aromatic heterocycles. The Bertz CT molecular complexity index is 429. The second-order valence-corrected chi connectivity index (χ2v) is 4.13. The minimum absolute atomic E-state index is 0.00184. The van der Waals surface area contributed by atoms with Gasteiger partial charge in [0.1, 0.15) is 6.54 Å². The third-order valence-electron chi connectivity index (χ3n) is 2.69. The van der Waals surface area contributed by atoms with Crippen molar-refractivity contribution in [1.29, 1.82) is 0 Å². The number of carbonyl (C=O) groups is 2. The summed E-state index contributed by atoms with van der Waals surface area (Å²) in [5.41, 5.74) is 7.12. The van der Waals surface area contributed by atoms with Gasteiger partial charge < -0.3 is 15.4 Å². The molecular formula is C14H20N2O3. The average Bonchev–Trinajstić information content (AvgIpc) is 2.39. The Hall–Kier alpha value is -2.04. The average molecular weight is 264 g/mol. The van der Waals surface area contributed by atoms with Crippen LogP contribution in [0.3, 0.4) is 0 Å². The zero-order valence-electron chi connectivity index (χ0n) is 11.4. The fourth-order valence-corrected chi connectivity index (χ4v) is 1.66. The van der Waals surface area contributed by atoms with Crippen molar-refractivity contribution in [2.45, 2.75) is 20.3 Å². The Morgan fingerprint density at radius 2 is 1.84 bits per heavy atom. The minimum atomic E-state index is -0.380. The number of rotatable bonds is 6. The lowest BCUT2D eigenvalue weighted by atomic mass is 10.1. The van der Waals surface area contributed by atoms with Crippen molar-refractivity contribution in [3.63, 3.8) is 0 Å². The summed E-state index contributed by atoms with van der Waals surface area (Å²) in [6, 6.07) is 7.13. The third kappa shape index (κ3) is 4.99. The van der Waals surface area contributed by atoms with Crippen LogP contribution in [-0.4, -0.2) is 36.5 Å². The second-order valence-electron chi connectivity index (χ2n) is 4.13. The molecule has 104 valence electrons. The Kier molecular flexibility index (Phi) is 5.85. The predicted octanol–water partition coefficient (Wildman–Crippen LogP) is 1.22. The molecule has 0 fully saturated rings. The summed E-state index contributed by atoms with van der Waals surface area (Å²) in [5, 5.41) is 0. The zero-order chi connectivity index (χ0) is 14.3. The summed E-state index contributed by atoms with van der Waals surface area (Å²) < 4.78 is 4.84. The summed E-state index contributed by atoms with van der Waals surface area (Å²) in [7, 11) is 0. The number of benzene rings is 1. The molecule has 1 amide bonds. The minimum Gasteiger partial charge on any atom is -0.465 e. The van der Waals surface area contributed by atoms with E-state index in [1.54, 1.807) is 19.1 Å². The molecule has 0 bridgehead atoms. The lowest BCUT2D eigenvalue weighted by molar-refractivity contribution is -0.148. The highest BCUT2D eigenvalue weighted by Crippen LogP contribution is 2.07. The van der Waals surface area contributed by atoms with Gasteiger partial charge in [0, 0.05) is 12.2 Å². The van der Waals surface area contributed by atoms with E-state index in [4.69, 9.17) is 10.5 Å². The van der Waals surface area contributed by atoms with E-state index in [0.717, 1.165) is 5.56 Å². The normalized spacial score (nSPS) is 10.0. The van der Waals surface area contributed by atoms with Crippen LogP contribution in [0.15, 0.2) is 24.3 Å². The van der Waals surface area contributed by atoms with Gasteiger partial charge in [-0.25, -0.2) is 0 Å². The molecule has 2 N–H and O–H groups in total. The van der Waals surface area contributed by atoms with Gasteiger partial charge in [-0.3, -0.25) is 9.59 Å². The highest BCUT2D eigenvalue weighted by Gasteiger charge is 2.16. The molecule has 0 spiro atoms. The molecule has 0 heterocycles. The Morgan fingerprint density at radius 3 is 2.37 bits per heavy atom. The number of amides is 1. The summed E-state index contributed by atoms with van der Waals surface area (Å²) >= 11 is 0. The number of nitrogens with two attached hydrogens (primary N) is 1. The zero-order valence-corrected chi connectivity index (χ0v) is 11.4. The molecule has 1 rings (SSSR count). The fourth-order valence-electron chi connectivity index (χ4n) is 1.66. The van der Waals surface area contributed by atoms with Crippen molar-refractivity contribution in [2.75, 3.05) is 25.4 Å². The lowest BCUT2D eigenvalue weighted by Crippen LogP contribution is -2.37. The first-order chi connectivity index (χ1) is 9.06. The first kappa shape index (κ1) is 15.0. The lowest BCUT2D eigenvalue weighted by Gasteiger charge is -2.19. The number of nitrogens with zero attached hydrogens (tertiary/aromatic N) is 1. The molecule has 0 atom stereocenters. The highest BCUT2D eigenvalue weighted by atomic mass is 16.5. The molecule has 5 heteroatoms. The summed E-state index contributed by atoms with van der Waals surface area (Å²) in [6.45, 7) is 4.37. The number of hydrogen-bond donors (Lipinski definition) is 1. The molecule has 0 saturated carbocycles. The Balaban J connectivity index is 2.58. The molecule has 0 aliphatic heterocycles. The standard InChI is InChI=1S/C14H20N2O3/c1-3-16(10-14(18)19-4-2)13(17)9-11-5-7-12(15)8-6-11/h5-8H,3-4,9-10,15H2,1-2H3. The Labute approximate surface area is 113 Å². The van der Waals surface area contributed by atoms with Gasteiger partial charge in [0.15, 0.2) is 0 Å². The smallest absolute Gasteiger partial charge is 0.325 e. The van der Waals surface area contributed by atoms with Crippen LogP contribution < -0.4 is 5.73 Å². The highest BCUT2D eigenvalue weighted by molar-refractivity contribution is 5.83. The van der Waals surface area contributed by atoms with Gasteiger partial charge in [-0.15, -0.1) is 0 Å². The number of esters is 1. The van der Waals surface area contributed by atoms with Crippen molar-refractivity contribution >= 4 is 17.6 Å². The molecule has 0 unspecified atom stereocenters. The number of carbonyl (C=O) groups excluding carboxylic acids is 2. The van der Waals surface area contributed by atoms with Crippen LogP contribution >= 0.6 is 0 Å². The fraction of sp³-hybridized carbons (Fsp3) is 0.429. The van der Waals surface area contributed by atoms with Gasteiger partial charge in [0.05, 0.1) is 13.0 Å². The number of hydrogen-bond acceptors (Lipinski definition) is 4. The largest absolute Gasteiger partial charge is 0.465 e. The van der Waals surface area contributed by atoms with E-state index in [9.17, 15) is 9.59 Å². The quantitative estimate of drug-likeness (QED) is 0.619. The van der Waals surface area contributed by atoms with E-state index in [1.165, 1.54) is 4.90 Å². The molecule has 0 saturated heterocycles. The van der Waals surface area contributed by atoms with E-state index in [-0.39, 0.29) is 24.8 Å². The number of nitrogen functional groups attached to an aromatic ring is 1. The van der Waals surface area contributed by atoms with Crippen molar-refractivity contribution in [3.05, 3.63) is 29.8 Å². The van der Waals surface area contributed by atoms with Crippen LogP contribution in [0.5, 0.6) is 0 Å². The van der Waals surface area contributed by atoms with E-state index < -0.39 is 0 Å². The first-order valence-corrected chi connectivity index (χ1v) is 6.34. The molecule has 0 aliphatic carbocycles. The van der Waals surface area contributed by atoms with Gasteiger partial charge in [-0.05, 0) is 31.5 Å². The predicted molar refractivity (Wildman–Crippen MR) is 73.4 cm³/mol. The van der Waals surface area contributed by atoms with Gasteiger partial charge >= 0.3 is 5.97 Å². The van der Waals surface area contributed by atoms with Gasteiger partial charge in [0.25, 0.3) is 0 Å². The number of anilines is 1. The van der Waals surface area contributed by atoms with Gasteiger partial charge in [-0.2, -0.15) is 0 Å². The third-order valence-corrected chi connectivity index (χ3v) is 2.69. The molecular weight excluding hydrogens is 244 g/mol. The summed E-state index contributed by atoms with van der Waals surface area (Å²) in [6.07, 6.45) is 0.257. The first-order valence-electron chi connectivity index (χ1n) is 6.34. The van der Waals surface area contributed by atoms with E-state index in [2.05, 4.69) is 0 Å². The van der Waals surface area contributed by atoms with Gasteiger partial charge in [-0.1, -0.05) is 12.1 Å². The maximum atomic E-state index is 12.1. The second kappa shape index (κ2) is 7.41. The van der Waals surface area contributed by atoms with E-state index >= 15 is 0 Å². The Morgan fingerprint density at radius 1 is 1.21 bits per heavy atom. The molecule has 0 radical (unpaired) electrons. The van der Waals surface area contributed by atoms with Crippen molar-refractivity contribution in [3.8, 4) is 0 Å². The van der Waals surface area contributed by atoms with E-state index in [0.29, 0.717) is 18.8 Å². The maximum Gasteiger partial charge on any atom is 0.325 e. The maximum absolute atomic E-state index is 12.1. The van der Waals surface area contributed by atoms with Crippen molar-refractivity contribution < 1.29 is 14.3 Å². The van der Waals surface area contributed by atoms with Crippen LogP contribution in [0, 0.1) is 0 Å². The molecule has 1 aromatic carbocycles. The molecule has 19 heavy (non-hydrogen) atoms. The van der Waals surface area contributed by atoms with Crippen LogP contribution in [0.4, 0.5) is 5.69 Å². The van der Waals surface area contributed by atoms with Crippen LogP contribution in [0.1, 0.15) is 19.4 Å². The topological polar surface area (TPSA) is 72.6 Å². The molecule has 5 nitrogen and oxygen atoms in total. The van der Waals surface area contributed by atoms with Crippen LogP contribution in [-0.2, 0) is 20.7 Å². The van der Waals surface area contributed by atoms with Crippen LogP contribution in [0.25, 0.3) is 0 Å². The summed E-state index contributed by atoms with van der Waals surface area (Å²) in [5.74, 6) is -0.477. The SMILES string of the molecule is CCOC(=O)CN(CC)C(=O)Cc1ccc(N)cc1. The van der Waals surface area contributed by atoms with Crippen molar-refractivity contribution in [1.82, 2.24) is 4.90 Å². The van der Waals surface area contributed by atoms with Crippen LogP contribution in [0.2, 0.25) is 0 Å². The monoisotopic (exact) mass is 264 g/mol. The number of likely N-dealkylation sites (N-methyl/N-ethyl adjacent to an activating group) is 1. The molecule has 1 aromatic rings. The molecule has 0 aliphatic rings.